The lowest BCUT2D eigenvalue weighted by Gasteiger charge is -2.18. The maximum Gasteiger partial charge on any atom is 0.338 e. The van der Waals surface area contributed by atoms with Gasteiger partial charge in [0.2, 0.25) is 0 Å². The molecule has 0 fully saturated rings. The van der Waals surface area contributed by atoms with Crippen LogP contribution in [0.3, 0.4) is 0 Å². The summed E-state index contributed by atoms with van der Waals surface area (Å²) < 4.78 is 5.40. The maximum absolute atomic E-state index is 13.1. The van der Waals surface area contributed by atoms with E-state index in [-0.39, 0.29) is 12.4 Å². The van der Waals surface area contributed by atoms with Crippen molar-refractivity contribution in [1.29, 1.82) is 0 Å². The molecule has 0 radical (unpaired) electrons. The Morgan fingerprint density at radius 3 is 1.85 bits per heavy atom. The third kappa shape index (κ3) is 4.74. The highest BCUT2D eigenvalue weighted by Gasteiger charge is 2.22. The number of carbonyl (C=O) groups excluding carboxylic acids is 2. The van der Waals surface area contributed by atoms with Gasteiger partial charge >= 0.3 is 5.97 Å². The number of halogens is 1. The van der Waals surface area contributed by atoms with Crippen LogP contribution < -0.4 is 0 Å². The van der Waals surface area contributed by atoms with E-state index < -0.39 is 5.97 Å². The van der Waals surface area contributed by atoms with Gasteiger partial charge in [0.05, 0.1) is 12.2 Å². The lowest BCUT2D eigenvalue weighted by molar-refractivity contribution is 0.0527. The summed E-state index contributed by atoms with van der Waals surface area (Å²) in [6, 6.07) is 28.6. The van der Waals surface area contributed by atoms with Gasteiger partial charge in [-0.15, -0.1) is 0 Å². The minimum absolute atomic E-state index is 0.0891. The largest absolute Gasteiger partial charge is 0.462 e. The summed E-state index contributed by atoms with van der Waals surface area (Å²) in [6.07, 6.45) is 0. The number of ether oxygens (including phenoxy) is 1. The molecule has 0 spiro atoms. The lowest BCUT2D eigenvalue weighted by atomic mass is 9.86. The topological polar surface area (TPSA) is 43.4 Å². The van der Waals surface area contributed by atoms with Crippen LogP contribution in [-0.4, -0.2) is 18.4 Å². The van der Waals surface area contributed by atoms with Crippen LogP contribution in [-0.2, 0) is 4.74 Å². The average molecular weight is 455 g/mol. The van der Waals surface area contributed by atoms with Gasteiger partial charge in [-0.2, -0.15) is 0 Å². The molecule has 0 amide bonds. The predicted molar refractivity (Wildman–Crippen MR) is 134 cm³/mol. The van der Waals surface area contributed by atoms with E-state index in [1.165, 1.54) is 6.92 Å². The monoisotopic (exact) mass is 454 g/mol. The minimum Gasteiger partial charge on any atom is -0.462 e. The Morgan fingerprint density at radius 1 is 0.697 bits per heavy atom. The first-order valence-electron chi connectivity index (χ1n) is 10.8. The van der Waals surface area contributed by atoms with E-state index in [9.17, 15) is 9.59 Å². The molecule has 4 heteroatoms. The smallest absolute Gasteiger partial charge is 0.338 e. The number of rotatable bonds is 6. The highest BCUT2D eigenvalue weighted by atomic mass is 35.5. The molecular formula is C29H23ClO3. The van der Waals surface area contributed by atoms with Gasteiger partial charge in [-0.25, -0.2) is 4.79 Å². The van der Waals surface area contributed by atoms with E-state index in [2.05, 4.69) is 0 Å². The van der Waals surface area contributed by atoms with Crippen molar-refractivity contribution in [1.82, 2.24) is 0 Å². The summed E-state index contributed by atoms with van der Waals surface area (Å²) in [5.41, 5.74) is 5.73. The second-order valence-electron chi connectivity index (χ2n) is 7.64. The van der Waals surface area contributed by atoms with Gasteiger partial charge in [-0.3, -0.25) is 4.79 Å². The van der Waals surface area contributed by atoms with Gasteiger partial charge in [0, 0.05) is 10.6 Å². The Bertz CT molecular complexity index is 1310. The fraction of sp³-hybridized carbons (Fsp3) is 0.103. The Kier molecular flexibility index (Phi) is 6.71. The first kappa shape index (κ1) is 22.5. The third-order valence-corrected chi connectivity index (χ3v) is 5.71. The summed E-state index contributed by atoms with van der Waals surface area (Å²) in [6.45, 7) is 3.55. The summed E-state index contributed by atoms with van der Waals surface area (Å²) in [5.74, 6) is -0.535. The molecule has 4 rings (SSSR count). The Labute approximate surface area is 198 Å². The number of hydrogen-bond donors (Lipinski definition) is 0. The summed E-state index contributed by atoms with van der Waals surface area (Å²) in [5, 5.41) is 0.538. The van der Waals surface area contributed by atoms with Crippen LogP contribution in [0.25, 0.3) is 33.4 Å². The zero-order valence-electron chi connectivity index (χ0n) is 18.5. The summed E-state index contributed by atoms with van der Waals surface area (Å²) in [4.78, 5) is 25.8. The molecule has 0 aliphatic carbocycles. The lowest BCUT2D eigenvalue weighted by Crippen LogP contribution is -2.09. The number of Topliss-reactive ketones (excluding diaryl/α,β-unsaturated/α-hetero) is 1. The molecule has 4 aromatic rings. The summed E-state index contributed by atoms with van der Waals surface area (Å²) in [7, 11) is 0. The van der Waals surface area contributed by atoms with Crippen LogP contribution in [0.2, 0.25) is 5.02 Å². The van der Waals surface area contributed by atoms with E-state index in [1.54, 1.807) is 19.1 Å². The zero-order valence-corrected chi connectivity index (χ0v) is 19.2. The van der Waals surface area contributed by atoms with Crippen molar-refractivity contribution < 1.29 is 14.3 Å². The molecule has 0 saturated heterocycles. The Balaban J connectivity index is 2.05. The molecular weight excluding hydrogens is 432 g/mol. The molecule has 0 N–H and O–H groups in total. The molecule has 0 bridgehead atoms. The molecule has 0 heterocycles. The molecule has 0 aromatic heterocycles. The number of carbonyl (C=O) groups is 2. The molecule has 33 heavy (non-hydrogen) atoms. The van der Waals surface area contributed by atoms with Crippen LogP contribution in [0.5, 0.6) is 0 Å². The van der Waals surface area contributed by atoms with Crippen molar-refractivity contribution in [3.05, 3.63) is 107 Å². The van der Waals surface area contributed by atoms with E-state index >= 15 is 0 Å². The predicted octanol–water partition coefficient (Wildman–Crippen LogP) is 7.72. The molecule has 0 unspecified atom stereocenters. The Hall–Kier alpha value is -3.69. The molecule has 3 nitrogen and oxygen atoms in total. The molecule has 164 valence electrons. The fourth-order valence-electron chi connectivity index (χ4n) is 3.96. The molecule has 0 saturated carbocycles. The number of esters is 1. The van der Waals surface area contributed by atoms with E-state index in [1.807, 2.05) is 78.9 Å². The molecule has 4 aromatic carbocycles. The van der Waals surface area contributed by atoms with Crippen LogP contribution in [0.1, 0.15) is 34.6 Å². The molecule has 0 aliphatic rings. The van der Waals surface area contributed by atoms with Gasteiger partial charge < -0.3 is 4.74 Å². The van der Waals surface area contributed by atoms with Crippen LogP contribution in [0, 0.1) is 0 Å². The zero-order chi connectivity index (χ0) is 23.4. The number of ketones is 1. The third-order valence-electron chi connectivity index (χ3n) is 5.47. The highest BCUT2D eigenvalue weighted by Crippen LogP contribution is 2.39. The van der Waals surface area contributed by atoms with E-state index in [0.29, 0.717) is 27.3 Å². The normalized spacial score (nSPS) is 10.6. The van der Waals surface area contributed by atoms with Gasteiger partial charge in [0.15, 0.2) is 5.78 Å². The van der Waals surface area contributed by atoms with Gasteiger partial charge in [-0.05, 0) is 71.5 Å². The maximum atomic E-state index is 13.1. The standard InChI is InChI=1S/C29H23ClO3/c1-3-33-29(32)28-18-25(21-12-8-5-9-13-21)24(19(2)31)17-27(28)26-16-22(30)14-15-23(26)20-10-6-4-7-11-20/h4-18H,3H2,1-2H3. The summed E-state index contributed by atoms with van der Waals surface area (Å²) >= 11 is 6.39. The van der Waals surface area contributed by atoms with Gasteiger partial charge in [-0.1, -0.05) is 78.3 Å². The quantitative estimate of drug-likeness (QED) is 0.221. The van der Waals surface area contributed by atoms with Crippen molar-refractivity contribution in [2.75, 3.05) is 6.61 Å². The SMILES string of the molecule is CCOC(=O)c1cc(-c2ccccc2)c(C(C)=O)cc1-c1cc(Cl)ccc1-c1ccccc1. The van der Waals surface area contributed by atoms with Crippen molar-refractivity contribution in [2.45, 2.75) is 13.8 Å². The number of benzene rings is 4. The first-order valence-corrected chi connectivity index (χ1v) is 11.1. The van der Waals surface area contributed by atoms with Crippen molar-refractivity contribution >= 4 is 23.4 Å². The molecule has 0 atom stereocenters. The van der Waals surface area contributed by atoms with Crippen LogP contribution >= 0.6 is 11.6 Å². The van der Waals surface area contributed by atoms with E-state index in [0.717, 1.165) is 22.3 Å². The number of hydrogen-bond acceptors (Lipinski definition) is 3. The van der Waals surface area contributed by atoms with Crippen molar-refractivity contribution in [2.24, 2.45) is 0 Å². The Morgan fingerprint density at radius 2 is 1.27 bits per heavy atom. The second-order valence-corrected chi connectivity index (χ2v) is 8.08. The van der Waals surface area contributed by atoms with Crippen molar-refractivity contribution in [3.8, 4) is 33.4 Å². The highest BCUT2D eigenvalue weighted by molar-refractivity contribution is 6.31. The average Bonchev–Trinajstić information content (AvgIpc) is 2.84. The first-order chi connectivity index (χ1) is 16.0. The van der Waals surface area contributed by atoms with Crippen molar-refractivity contribution in [3.63, 3.8) is 0 Å². The van der Waals surface area contributed by atoms with Crippen LogP contribution in [0.4, 0.5) is 0 Å². The van der Waals surface area contributed by atoms with E-state index in [4.69, 9.17) is 16.3 Å². The second kappa shape index (κ2) is 9.85. The fourth-order valence-corrected chi connectivity index (χ4v) is 4.13. The van der Waals surface area contributed by atoms with Gasteiger partial charge in [0.1, 0.15) is 0 Å². The van der Waals surface area contributed by atoms with Crippen LogP contribution in [0.15, 0.2) is 91.0 Å². The minimum atomic E-state index is -0.446. The van der Waals surface area contributed by atoms with Gasteiger partial charge in [0.25, 0.3) is 0 Å². The molecule has 0 aliphatic heterocycles.